The van der Waals surface area contributed by atoms with Crippen molar-refractivity contribution in [2.24, 2.45) is 0 Å². The van der Waals surface area contributed by atoms with Crippen LogP contribution in [0.5, 0.6) is 0 Å². The van der Waals surface area contributed by atoms with Crippen LogP contribution in [0.3, 0.4) is 0 Å². The van der Waals surface area contributed by atoms with E-state index in [2.05, 4.69) is 22.4 Å². The minimum absolute atomic E-state index is 0. The lowest BCUT2D eigenvalue weighted by molar-refractivity contribution is 0.0514. The number of rotatable bonds is 1. The van der Waals surface area contributed by atoms with Crippen LogP contribution in [0.1, 0.15) is 11.3 Å². The predicted molar refractivity (Wildman–Crippen MR) is 65.8 cm³/mol. The van der Waals surface area contributed by atoms with Crippen molar-refractivity contribution < 1.29 is 4.74 Å². The second kappa shape index (κ2) is 4.95. The molecule has 1 aromatic rings. The smallest absolute Gasteiger partial charge is 0.0917 e. The molecule has 0 spiro atoms. The van der Waals surface area contributed by atoms with Crippen LogP contribution < -0.4 is 5.32 Å². The molecule has 1 aromatic heterocycles. The first kappa shape index (κ1) is 11.6. The molecule has 2 heterocycles. The third kappa shape index (κ3) is 2.12. The first-order valence-electron chi connectivity index (χ1n) is 5.40. The van der Waals surface area contributed by atoms with Gasteiger partial charge in [-0.2, -0.15) is 0 Å². The normalized spacial score (nSPS) is 23.2. The lowest BCUT2D eigenvalue weighted by atomic mass is 10.1. The van der Waals surface area contributed by atoms with Crippen molar-refractivity contribution in [1.29, 1.82) is 0 Å². The zero-order valence-corrected chi connectivity index (χ0v) is 9.80. The van der Waals surface area contributed by atoms with Gasteiger partial charge >= 0.3 is 0 Å². The number of nitrogens with zero attached hydrogens (tertiary/aromatic N) is 1. The molecule has 1 fully saturated rings. The molecule has 3 rings (SSSR count). The summed E-state index contributed by atoms with van der Waals surface area (Å²) in [6.07, 6.45) is 5.26. The van der Waals surface area contributed by atoms with E-state index < -0.39 is 0 Å². The van der Waals surface area contributed by atoms with E-state index in [0.29, 0.717) is 0 Å². The minimum atomic E-state index is 0. The van der Waals surface area contributed by atoms with E-state index in [0.717, 1.165) is 31.8 Å². The molecule has 1 saturated heterocycles. The molecule has 16 heavy (non-hydrogen) atoms. The van der Waals surface area contributed by atoms with Crippen molar-refractivity contribution in [3.8, 4) is 0 Å². The molecule has 2 aliphatic rings. The van der Waals surface area contributed by atoms with Gasteiger partial charge in [0.05, 0.1) is 18.4 Å². The number of hydrogen-bond donors (Lipinski definition) is 1. The molecule has 0 saturated carbocycles. The van der Waals surface area contributed by atoms with Gasteiger partial charge in [0.15, 0.2) is 0 Å². The number of fused-ring (bicyclic) bond motifs is 1. The van der Waals surface area contributed by atoms with Crippen molar-refractivity contribution in [3.05, 3.63) is 35.2 Å². The summed E-state index contributed by atoms with van der Waals surface area (Å²) in [5.41, 5.74) is 3.79. The van der Waals surface area contributed by atoms with E-state index in [4.69, 9.17) is 4.74 Å². The van der Waals surface area contributed by atoms with Gasteiger partial charge in [0.25, 0.3) is 0 Å². The molecule has 1 N–H and O–H groups in total. The number of ether oxygens (including phenoxy) is 1. The van der Waals surface area contributed by atoms with Crippen molar-refractivity contribution in [2.75, 3.05) is 19.7 Å². The largest absolute Gasteiger partial charge is 0.371 e. The molecule has 0 amide bonds. The summed E-state index contributed by atoms with van der Waals surface area (Å²) in [5, 5.41) is 3.35. The molecule has 86 valence electrons. The van der Waals surface area contributed by atoms with Crippen LogP contribution >= 0.6 is 12.4 Å². The minimum Gasteiger partial charge on any atom is -0.371 e. The molecule has 4 heteroatoms. The summed E-state index contributed by atoms with van der Waals surface area (Å²) in [7, 11) is 0. The summed E-state index contributed by atoms with van der Waals surface area (Å²) in [6, 6.07) is 4.14. The van der Waals surface area contributed by atoms with Crippen LogP contribution in [0.2, 0.25) is 0 Å². The van der Waals surface area contributed by atoms with Gasteiger partial charge in [0.2, 0.25) is 0 Å². The van der Waals surface area contributed by atoms with E-state index in [9.17, 15) is 0 Å². The molecule has 0 bridgehead atoms. The molecule has 1 aliphatic carbocycles. The number of nitrogens with one attached hydrogen (secondary N) is 1. The van der Waals surface area contributed by atoms with Gasteiger partial charge in [0.1, 0.15) is 0 Å². The maximum absolute atomic E-state index is 5.73. The highest BCUT2D eigenvalue weighted by Crippen LogP contribution is 2.26. The first-order chi connectivity index (χ1) is 7.43. The van der Waals surface area contributed by atoms with Gasteiger partial charge in [-0.15, -0.1) is 12.4 Å². The summed E-state index contributed by atoms with van der Waals surface area (Å²) in [6.45, 7) is 2.71. The highest BCUT2D eigenvalue weighted by Gasteiger charge is 2.23. The Hall–Kier alpha value is -0.900. The van der Waals surface area contributed by atoms with Gasteiger partial charge in [-0.25, -0.2) is 0 Å². The zero-order valence-electron chi connectivity index (χ0n) is 8.98. The van der Waals surface area contributed by atoms with Crippen LogP contribution in [0.4, 0.5) is 0 Å². The third-order valence-corrected chi connectivity index (χ3v) is 2.98. The summed E-state index contributed by atoms with van der Waals surface area (Å²) >= 11 is 0. The number of pyridine rings is 1. The number of aromatic nitrogens is 1. The Balaban J connectivity index is 0.000000963. The average molecular weight is 239 g/mol. The number of halogens is 1. The standard InChI is InChI=1S/C12H14N2O.ClH/c1-2-9-6-10(7-11(9)14-3-1)12-8-13-4-5-15-12;/h1-3,7,12-13H,4-6,8H2;1H. The van der Waals surface area contributed by atoms with Gasteiger partial charge in [-0.1, -0.05) is 6.07 Å². The number of hydrogen-bond acceptors (Lipinski definition) is 3. The van der Waals surface area contributed by atoms with Crippen LogP contribution in [-0.2, 0) is 11.2 Å². The fourth-order valence-electron chi connectivity index (χ4n) is 2.19. The Labute approximate surface area is 101 Å². The first-order valence-corrected chi connectivity index (χ1v) is 5.40. The molecule has 0 radical (unpaired) electrons. The molecular weight excluding hydrogens is 224 g/mol. The van der Waals surface area contributed by atoms with Crippen LogP contribution in [0.15, 0.2) is 23.9 Å². The molecule has 1 atom stereocenters. The second-order valence-electron chi connectivity index (χ2n) is 4.01. The Morgan fingerprint density at radius 3 is 3.12 bits per heavy atom. The molecular formula is C12H15ClN2O. The zero-order chi connectivity index (χ0) is 10.1. The van der Waals surface area contributed by atoms with Crippen LogP contribution in [0, 0.1) is 0 Å². The fraction of sp³-hybridized carbons (Fsp3) is 0.417. The summed E-state index contributed by atoms with van der Waals surface area (Å²) in [5.74, 6) is 0. The van der Waals surface area contributed by atoms with E-state index in [1.54, 1.807) is 0 Å². The quantitative estimate of drug-likeness (QED) is 0.804. The highest BCUT2D eigenvalue weighted by molar-refractivity contribution is 5.85. The Morgan fingerprint density at radius 2 is 2.38 bits per heavy atom. The predicted octanol–water partition coefficient (Wildman–Crippen LogP) is 1.43. The van der Waals surface area contributed by atoms with Crippen molar-refractivity contribution in [3.63, 3.8) is 0 Å². The van der Waals surface area contributed by atoms with Gasteiger partial charge in [0, 0.05) is 19.3 Å². The lowest BCUT2D eigenvalue weighted by Gasteiger charge is -2.24. The van der Waals surface area contributed by atoms with Gasteiger partial charge in [-0.3, -0.25) is 4.98 Å². The highest BCUT2D eigenvalue weighted by atomic mass is 35.5. The maximum atomic E-state index is 5.73. The van der Waals surface area contributed by atoms with Crippen molar-refractivity contribution in [1.82, 2.24) is 10.3 Å². The Kier molecular flexibility index (Phi) is 3.59. The summed E-state index contributed by atoms with van der Waals surface area (Å²) in [4.78, 5) is 4.35. The fourth-order valence-corrected chi connectivity index (χ4v) is 2.19. The Morgan fingerprint density at radius 1 is 1.44 bits per heavy atom. The van der Waals surface area contributed by atoms with Crippen molar-refractivity contribution >= 4 is 18.5 Å². The number of morpholine rings is 1. The maximum Gasteiger partial charge on any atom is 0.0917 e. The van der Waals surface area contributed by atoms with Crippen LogP contribution in [-0.4, -0.2) is 30.8 Å². The average Bonchev–Trinajstić information content (AvgIpc) is 2.74. The van der Waals surface area contributed by atoms with Crippen molar-refractivity contribution in [2.45, 2.75) is 12.5 Å². The lowest BCUT2D eigenvalue weighted by Crippen LogP contribution is -2.39. The van der Waals surface area contributed by atoms with Gasteiger partial charge < -0.3 is 10.1 Å². The van der Waals surface area contributed by atoms with E-state index in [-0.39, 0.29) is 18.5 Å². The second-order valence-corrected chi connectivity index (χ2v) is 4.01. The summed E-state index contributed by atoms with van der Waals surface area (Å²) < 4.78 is 5.73. The molecule has 1 unspecified atom stereocenters. The topological polar surface area (TPSA) is 34.1 Å². The SMILES string of the molecule is C1=C(C2CNCCO2)Cc2cccnc21.Cl. The van der Waals surface area contributed by atoms with E-state index >= 15 is 0 Å². The molecule has 1 aliphatic heterocycles. The van der Waals surface area contributed by atoms with E-state index in [1.165, 1.54) is 11.1 Å². The third-order valence-electron chi connectivity index (χ3n) is 2.98. The van der Waals surface area contributed by atoms with Crippen LogP contribution in [0.25, 0.3) is 6.08 Å². The molecule has 3 nitrogen and oxygen atoms in total. The monoisotopic (exact) mass is 238 g/mol. The molecule has 0 aromatic carbocycles. The van der Waals surface area contributed by atoms with Gasteiger partial charge in [-0.05, 0) is 29.7 Å². The van der Waals surface area contributed by atoms with E-state index in [1.807, 2.05) is 12.3 Å². The Bertz CT molecular complexity index is 400.